The third kappa shape index (κ3) is 1.68. The Balaban J connectivity index is 2.18. The van der Waals surface area contributed by atoms with E-state index >= 15 is 0 Å². The summed E-state index contributed by atoms with van der Waals surface area (Å²) in [4.78, 5) is 9.96. The van der Waals surface area contributed by atoms with E-state index in [0.717, 1.165) is 25.9 Å². The Bertz CT molecular complexity index is 648. The minimum Gasteiger partial charge on any atom is -0.252 e. The molecular formula is C12H7ClN2S. The van der Waals surface area contributed by atoms with Crippen LogP contribution in [0.2, 0.25) is 4.34 Å². The molecule has 78 valence electrons. The van der Waals surface area contributed by atoms with E-state index in [1.54, 1.807) is 6.20 Å². The van der Waals surface area contributed by atoms with Gasteiger partial charge in [0.15, 0.2) is 0 Å². The number of hydrogen-bond donors (Lipinski definition) is 0. The summed E-state index contributed by atoms with van der Waals surface area (Å²) >= 11 is 7.41. The average molecular weight is 247 g/mol. The number of benzene rings is 1. The first-order valence-corrected chi connectivity index (χ1v) is 6.00. The average Bonchev–Trinajstić information content (AvgIpc) is 2.75. The first-order chi connectivity index (χ1) is 7.83. The molecular weight excluding hydrogens is 240 g/mol. The molecule has 2 heterocycles. The van der Waals surface area contributed by atoms with E-state index in [2.05, 4.69) is 9.97 Å². The van der Waals surface area contributed by atoms with Crippen molar-refractivity contribution in [3.05, 3.63) is 46.9 Å². The number of para-hydroxylation sites is 2. The van der Waals surface area contributed by atoms with Crippen LogP contribution in [0.4, 0.5) is 0 Å². The van der Waals surface area contributed by atoms with E-state index in [-0.39, 0.29) is 0 Å². The predicted molar refractivity (Wildman–Crippen MR) is 67.9 cm³/mol. The highest BCUT2D eigenvalue weighted by Gasteiger charge is 2.04. The largest absolute Gasteiger partial charge is 0.252 e. The van der Waals surface area contributed by atoms with Gasteiger partial charge in [-0.25, -0.2) is 4.98 Å². The highest BCUT2D eigenvalue weighted by atomic mass is 35.5. The van der Waals surface area contributed by atoms with Crippen LogP contribution in [0.15, 0.2) is 42.6 Å². The summed E-state index contributed by atoms with van der Waals surface area (Å²) < 4.78 is 0.768. The van der Waals surface area contributed by atoms with Crippen LogP contribution in [0.1, 0.15) is 0 Å². The Morgan fingerprint density at radius 1 is 1.00 bits per heavy atom. The Morgan fingerprint density at radius 3 is 2.56 bits per heavy atom. The molecule has 2 nitrogen and oxygen atoms in total. The highest BCUT2D eigenvalue weighted by molar-refractivity contribution is 7.19. The van der Waals surface area contributed by atoms with E-state index in [1.165, 1.54) is 11.3 Å². The first-order valence-electron chi connectivity index (χ1n) is 4.80. The summed E-state index contributed by atoms with van der Waals surface area (Å²) in [5.41, 5.74) is 2.69. The molecule has 0 unspecified atom stereocenters. The van der Waals surface area contributed by atoms with Gasteiger partial charge in [0.05, 0.1) is 32.1 Å². The zero-order valence-corrected chi connectivity index (χ0v) is 9.79. The minimum absolute atomic E-state index is 0.768. The van der Waals surface area contributed by atoms with Gasteiger partial charge in [0.25, 0.3) is 0 Å². The number of hydrogen-bond acceptors (Lipinski definition) is 3. The quantitative estimate of drug-likeness (QED) is 0.648. The SMILES string of the molecule is Clc1ccc(-c2cnc3ccccc3n2)s1. The molecule has 1 aromatic carbocycles. The molecule has 4 heteroatoms. The third-order valence-electron chi connectivity index (χ3n) is 2.27. The van der Waals surface area contributed by atoms with Crippen LogP contribution in [-0.4, -0.2) is 9.97 Å². The molecule has 0 amide bonds. The van der Waals surface area contributed by atoms with Gasteiger partial charge in [-0.05, 0) is 24.3 Å². The molecule has 0 spiro atoms. The molecule has 3 rings (SSSR count). The third-order valence-corrected chi connectivity index (χ3v) is 3.53. The summed E-state index contributed by atoms with van der Waals surface area (Å²) in [5.74, 6) is 0. The first kappa shape index (κ1) is 9.75. The zero-order chi connectivity index (χ0) is 11.0. The second-order valence-electron chi connectivity index (χ2n) is 3.35. The standard InChI is InChI=1S/C12H7ClN2S/c13-12-6-5-11(16-12)10-7-14-8-3-1-2-4-9(8)15-10/h1-7H. The van der Waals surface area contributed by atoms with Gasteiger partial charge >= 0.3 is 0 Å². The van der Waals surface area contributed by atoms with Crippen LogP contribution in [-0.2, 0) is 0 Å². The van der Waals surface area contributed by atoms with Gasteiger partial charge in [-0.3, -0.25) is 4.98 Å². The van der Waals surface area contributed by atoms with Crippen LogP contribution < -0.4 is 0 Å². The Labute approximate surface area is 102 Å². The van der Waals surface area contributed by atoms with Gasteiger partial charge < -0.3 is 0 Å². The van der Waals surface area contributed by atoms with E-state index < -0.39 is 0 Å². The predicted octanol–water partition coefficient (Wildman–Crippen LogP) is 4.01. The second-order valence-corrected chi connectivity index (χ2v) is 5.06. The Morgan fingerprint density at radius 2 is 1.81 bits per heavy atom. The monoisotopic (exact) mass is 246 g/mol. The van der Waals surface area contributed by atoms with Crippen molar-refractivity contribution < 1.29 is 0 Å². The van der Waals surface area contributed by atoms with Gasteiger partial charge in [-0.1, -0.05) is 23.7 Å². The van der Waals surface area contributed by atoms with E-state index in [4.69, 9.17) is 11.6 Å². The van der Waals surface area contributed by atoms with Crippen LogP contribution >= 0.6 is 22.9 Å². The van der Waals surface area contributed by atoms with Gasteiger partial charge in [-0.2, -0.15) is 0 Å². The molecule has 0 aliphatic carbocycles. The van der Waals surface area contributed by atoms with Crippen LogP contribution in [0.3, 0.4) is 0 Å². The number of rotatable bonds is 1. The molecule has 0 saturated heterocycles. The summed E-state index contributed by atoms with van der Waals surface area (Å²) in [5, 5.41) is 0. The fourth-order valence-electron chi connectivity index (χ4n) is 1.53. The Kier molecular flexibility index (Phi) is 2.35. The lowest BCUT2D eigenvalue weighted by atomic mass is 10.3. The number of nitrogens with zero attached hydrogens (tertiary/aromatic N) is 2. The van der Waals surface area contributed by atoms with E-state index in [1.807, 2.05) is 36.4 Å². The molecule has 0 aliphatic rings. The lowest BCUT2D eigenvalue weighted by Gasteiger charge is -1.99. The van der Waals surface area contributed by atoms with Crippen molar-refractivity contribution in [2.45, 2.75) is 0 Å². The lowest BCUT2D eigenvalue weighted by molar-refractivity contribution is 1.30. The van der Waals surface area contributed by atoms with Crippen LogP contribution in [0.5, 0.6) is 0 Å². The topological polar surface area (TPSA) is 25.8 Å². The maximum atomic E-state index is 5.90. The molecule has 16 heavy (non-hydrogen) atoms. The molecule has 2 aromatic heterocycles. The summed E-state index contributed by atoms with van der Waals surface area (Å²) in [6, 6.07) is 11.7. The number of thiophene rings is 1. The molecule has 0 bridgehead atoms. The maximum Gasteiger partial charge on any atom is 0.0993 e. The van der Waals surface area contributed by atoms with Gasteiger partial charge in [-0.15, -0.1) is 11.3 Å². The lowest BCUT2D eigenvalue weighted by Crippen LogP contribution is -1.85. The van der Waals surface area contributed by atoms with Crippen molar-refractivity contribution in [1.29, 1.82) is 0 Å². The Hall–Kier alpha value is -1.45. The van der Waals surface area contributed by atoms with Crippen LogP contribution in [0.25, 0.3) is 21.6 Å². The van der Waals surface area contributed by atoms with E-state index in [0.29, 0.717) is 0 Å². The fraction of sp³-hybridized carbons (Fsp3) is 0. The number of aromatic nitrogens is 2. The minimum atomic E-state index is 0.768. The van der Waals surface area contributed by atoms with Crippen molar-refractivity contribution in [2.75, 3.05) is 0 Å². The van der Waals surface area contributed by atoms with Crippen molar-refractivity contribution >= 4 is 34.0 Å². The molecule has 0 atom stereocenters. The fourth-order valence-corrected chi connectivity index (χ4v) is 2.53. The molecule has 3 aromatic rings. The van der Waals surface area contributed by atoms with E-state index in [9.17, 15) is 0 Å². The van der Waals surface area contributed by atoms with Crippen molar-refractivity contribution in [1.82, 2.24) is 9.97 Å². The van der Waals surface area contributed by atoms with Crippen molar-refractivity contribution in [2.24, 2.45) is 0 Å². The summed E-state index contributed by atoms with van der Waals surface area (Å²) in [6.07, 6.45) is 1.78. The van der Waals surface area contributed by atoms with Gasteiger partial charge in [0.2, 0.25) is 0 Å². The molecule has 0 saturated carbocycles. The summed E-state index contributed by atoms with van der Waals surface area (Å²) in [7, 11) is 0. The maximum absolute atomic E-state index is 5.90. The normalized spacial score (nSPS) is 10.8. The van der Waals surface area contributed by atoms with Gasteiger partial charge in [0, 0.05) is 0 Å². The molecule has 0 fully saturated rings. The molecule has 0 aliphatic heterocycles. The summed E-state index contributed by atoms with van der Waals surface area (Å²) in [6.45, 7) is 0. The zero-order valence-electron chi connectivity index (χ0n) is 8.22. The molecule has 0 radical (unpaired) electrons. The molecule has 0 N–H and O–H groups in total. The van der Waals surface area contributed by atoms with Crippen molar-refractivity contribution in [3.8, 4) is 10.6 Å². The van der Waals surface area contributed by atoms with Gasteiger partial charge in [0.1, 0.15) is 0 Å². The number of fused-ring (bicyclic) bond motifs is 1. The highest BCUT2D eigenvalue weighted by Crippen LogP contribution is 2.29. The van der Waals surface area contributed by atoms with Crippen molar-refractivity contribution in [3.63, 3.8) is 0 Å². The number of halogens is 1. The second kappa shape index (κ2) is 3.85. The van der Waals surface area contributed by atoms with Crippen LogP contribution in [0, 0.1) is 0 Å². The smallest absolute Gasteiger partial charge is 0.0993 e.